The molecule has 0 radical (unpaired) electrons. The molecule has 1 N–H and O–H groups in total. The lowest BCUT2D eigenvalue weighted by molar-refractivity contribution is -0.119. The molecule has 1 aliphatic heterocycles. The average molecular weight is 387 g/mol. The highest BCUT2D eigenvalue weighted by atomic mass is 32.2. The predicted molar refractivity (Wildman–Crippen MR) is 90.7 cm³/mol. The first-order valence-electron chi connectivity index (χ1n) is 7.44. The molecular formula is C15H15F2N3O3S2. The molecule has 1 saturated heterocycles. The Morgan fingerprint density at radius 3 is 2.80 bits per heavy atom. The second kappa shape index (κ2) is 6.77. The van der Waals surface area contributed by atoms with Crippen LogP contribution < -0.4 is 5.32 Å². The summed E-state index contributed by atoms with van der Waals surface area (Å²) < 4.78 is 50.9. The summed E-state index contributed by atoms with van der Waals surface area (Å²) in [6.07, 6.45) is 2.13. The van der Waals surface area contributed by atoms with Gasteiger partial charge in [0.25, 0.3) is 0 Å². The molecule has 134 valence electrons. The molecule has 3 rings (SSSR count). The van der Waals surface area contributed by atoms with Crippen molar-refractivity contribution in [2.45, 2.75) is 18.9 Å². The fraction of sp³-hybridized carbons (Fsp3) is 0.333. The second-order valence-electron chi connectivity index (χ2n) is 5.69. The van der Waals surface area contributed by atoms with Crippen LogP contribution in [0.3, 0.4) is 0 Å². The smallest absolute Gasteiger partial charge is 0.244 e. The molecule has 2 heterocycles. The van der Waals surface area contributed by atoms with Crippen LogP contribution in [0.1, 0.15) is 12.8 Å². The van der Waals surface area contributed by atoms with Gasteiger partial charge in [-0.3, -0.25) is 4.79 Å². The summed E-state index contributed by atoms with van der Waals surface area (Å²) in [4.78, 5) is 16.5. The van der Waals surface area contributed by atoms with E-state index < -0.39 is 33.6 Å². The fourth-order valence-electron chi connectivity index (χ4n) is 2.71. The van der Waals surface area contributed by atoms with Crippen LogP contribution in [0.25, 0.3) is 11.3 Å². The molecule has 1 fully saturated rings. The van der Waals surface area contributed by atoms with E-state index in [1.807, 2.05) is 0 Å². The van der Waals surface area contributed by atoms with Gasteiger partial charge in [0.2, 0.25) is 15.9 Å². The average Bonchev–Trinajstić information content (AvgIpc) is 3.18. The van der Waals surface area contributed by atoms with Gasteiger partial charge < -0.3 is 5.32 Å². The Labute approximate surface area is 147 Å². The third-order valence-electron chi connectivity index (χ3n) is 3.88. The predicted octanol–water partition coefficient (Wildman–Crippen LogP) is 2.45. The number of hydrogen-bond acceptors (Lipinski definition) is 5. The highest BCUT2D eigenvalue weighted by Crippen LogP contribution is 2.27. The zero-order chi connectivity index (χ0) is 18.2. The van der Waals surface area contributed by atoms with E-state index in [0.717, 1.165) is 29.7 Å². The summed E-state index contributed by atoms with van der Waals surface area (Å²) in [7, 11) is -3.46. The maximum atomic E-state index is 13.3. The second-order valence-corrected chi connectivity index (χ2v) is 8.48. The van der Waals surface area contributed by atoms with Gasteiger partial charge in [-0.15, -0.1) is 11.3 Å². The minimum atomic E-state index is -3.46. The van der Waals surface area contributed by atoms with Crippen LogP contribution in [0.5, 0.6) is 0 Å². The molecule has 0 aliphatic carbocycles. The van der Waals surface area contributed by atoms with Crippen LogP contribution in [0, 0.1) is 11.6 Å². The Balaban J connectivity index is 1.75. The molecule has 0 bridgehead atoms. The lowest BCUT2D eigenvalue weighted by Gasteiger charge is -2.20. The van der Waals surface area contributed by atoms with Gasteiger partial charge in [-0.2, -0.15) is 4.31 Å². The number of carbonyl (C=O) groups is 1. The fourth-order valence-corrected chi connectivity index (χ4v) is 4.55. The van der Waals surface area contributed by atoms with E-state index in [-0.39, 0.29) is 5.13 Å². The van der Waals surface area contributed by atoms with E-state index in [0.29, 0.717) is 30.6 Å². The number of carbonyl (C=O) groups excluding carboxylic acids is 1. The molecule has 6 nitrogen and oxygen atoms in total. The van der Waals surface area contributed by atoms with Crippen LogP contribution in [-0.4, -0.2) is 42.5 Å². The van der Waals surface area contributed by atoms with Gasteiger partial charge in [0, 0.05) is 17.5 Å². The van der Waals surface area contributed by atoms with Gasteiger partial charge in [-0.05, 0) is 31.0 Å². The van der Waals surface area contributed by atoms with Crippen LogP contribution in [0.4, 0.5) is 13.9 Å². The number of amides is 1. The van der Waals surface area contributed by atoms with Crippen molar-refractivity contribution in [1.29, 1.82) is 0 Å². The molecule has 1 amide bonds. The number of benzene rings is 1. The summed E-state index contributed by atoms with van der Waals surface area (Å²) >= 11 is 1.12. The quantitative estimate of drug-likeness (QED) is 0.874. The van der Waals surface area contributed by atoms with Gasteiger partial charge in [0.15, 0.2) is 16.8 Å². The zero-order valence-electron chi connectivity index (χ0n) is 13.2. The summed E-state index contributed by atoms with van der Waals surface area (Å²) in [5.41, 5.74) is 0.778. The van der Waals surface area contributed by atoms with Gasteiger partial charge in [-0.25, -0.2) is 22.2 Å². The highest BCUT2D eigenvalue weighted by Gasteiger charge is 2.36. The number of anilines is 1. The summed E-state index contributed by atoms with van der Waals surface area (Å²) in [5.74, 6) is -2.38. The molecule has 2 aromatic rings. The van der Waals surface area contributed by atoms with Crippen LogP contribution in [-0.2, 0) is 14.8 Å². The lowest BCUT2D eigenvalue weighted by atomic mass is 10.2. The Morgan fingerprint density at radius 2 is 2.12 bits per heavy atom. The van der Waals surface area contributed by atoms with Crippen LogP contribution in [0.15, 0.2) is 23.6 Å². The first kappa shape index (κ1) is 17.9. The number of rotatable bonds is 4. The van der Waals surface area contributed by atoms with Crippen molar-refractivity contribution in [3.8, 4) is 11.3 Å². The van der Waals surface area contributed by atoms with Crippen molar-refractivity contribution in [3.05, 3.63) is 35.2 Å². The van der Waals surface area contributed by atoms with Crippen LogP contribution >= 0.6 is 11.3 Å². The van der Waals surface area contributed by atoms with Gasteiger partial charge in [0.1, 0.15) is 6.04 Å². The van der Waals surface area contributed by atoms with Crippen molar-refractivity contribution in [2.75, 3.05) is 18.1 Å². The Hall–Kier alpha value is -1.91. The molecule has 1 aliphatic rings. The van der Waals surface area contributed by atoms with Gasteiger partial charge in [0.05, 0.1) is 11.9 Å². The molecule has 25 heavy (non-hydrogen) atoms. The number of aromatic nitrogens is 1. The van der Waals surface area contributed by atoms with E-state index >= 15 is 0 Å². The van der Waals surface area contributed by atoms with Gasteiger partial charge in [-0.1, -0.05) is 0 Å². The summed E-state index contributed by atoms with van der Waals surface area (Å²) in [6.45, 7) is 0.314. The largest absolute Gasteiger partial charge is 0.301 e. The maximum absolute atomic E-state index is 13.3. The molecular weight excluding hydrogens is 372 g/mol. The van der Waals surface area contributed by atoms with E-state index in [2.05, 4.69) is 10.3 Å². The molecule has 1 atom stereocenters. The molecule has 1 aromatic heterocycles. The summed E-state index contributed by atoms with van der Waals surface area (Å²) in [5, 5.41) is 4.47. The van der Waals surface area contributed by atoms with Crippen molar-refractivity contribution in [3.63, 3.8) is 0 Å². The van der Waals surface area contributed by atoms with Crippen LogP contribution in [0.2, 0.25) is 0 Å². The number of sulfonamides is 1. The van der Waals surface area contributed by atoms with E-state index in [1.165, 1.54) is 10.4 Å². The Morgan fingerprint density at radius 1 is 1.36 bits per heavy atom. The highest BCUT2D eigenvalue weighted by molar-refractivity contribution is 7.88. The molecule has 0 spiro atoms. The number of nitrogens with one attached hydrogen (secondary N) is 1. The van der Waals surface area contributed by atoms with E-state index in [4.69, 9.17) is 0 Å². The van der Waals surface area contributed by atoms with Gasteiger partial charge >= 0.3 is 0 Å². The molecule has 1 unspecified atom stereocenters. The topological polar surface area (TPSA) is 79.4 Å². The van der Waals surface area contributed by atoms with Crippen molar-refractivity contribution in [1.82, 2.24) is 9.29 Å². The minimum absolute atomic E-state index is 0.269. The Bertz CT molecular complexity index is 914. The van der Waals surface area contributed by atoms with Crippen molar-refractivity contribution >= 4 is 32.4 Å². The SMILES string of the molecule is CS(=O)(=O)N1CCCC1C(=O)Nc1nc(-c2ccc(F)c(F)c2)cs1. The van der Waals surface area contributed by atoms with Crippen molar-refractivity contribution in [2.24, 2.45) is 0 Å². The third kappa shape index (κ3) is 3.86. The summed E-state index contributed by atoms with van der Waals surface area (Å²) in [6, 6.07) is 2.66. The minimum Gasteiger partial charge on any atom is -0.301 e. The molecule has 10 heteroatoms. The first-order chi connectivity index (χ1) is 11.8. The number of nitrogens with zero attached hydrogens (tertiary/aromatic N) is 2. The van der Waals surface area contributed by atoms with Crippen molar-refractivity contribution < 1.29 is 22.0 Å². The number of thiazole rings is 1. The first-order valence-corrected chi connectivity index (χ1v) is 10.2. The Kier molecular flexibility index (Phi) is 4.85. The zero-order valence-corrected chi connectivity index (χ0v) is 14.8. The lowest BCUT2D eigenvalue weighted by Crippen LogP contribution is -2.42. The third-order valence-corrected chi connectivity index (χ3v) is 5.93. The van der Waals surface area contributed by atoms with E-state index in [1.54, 1.807) is 5.38 Å². The normalized spacial score (nSPS) is 18.4. The molecule has 1 aromatic carbocycles. The number of halogens is 2. The van der Waals surface area contributed by atoms with E-state index in [9.17, 15) is 22.0 Å². The standard InChI is InChI=1S/C15H15F2N3O3S2/c1-25(22,23)20-6-2-3-13(20)14(21)19-15-18-12(8-24-15)9-4-5-10(16)11(17)7-9/h4-5,7-8,13H,2-3,6H2,1H3,(H,18,19,21). The monoisotopic (exact) mass is 387 g/mol. The maximum Gasteiger partial charge on any atom is 0.244 e. The number of hydrogen-bond donors (Lipinski definition) is 1. The molecule has 0 saturated carbocycles.